The van der Waals surface area contributed by atoms with Crippen LogP contribution in [0.1, 0.15) is 20.8 Å². The van der Waals surface area contributed by atoms with Crippen LogP contribution in [0, 0.1) is 17.8 Å². The first kappa shape index (κ1) is 7.52. The first-order valence-corrected chi connectivity index (χ1v) is 3.85. The molecule has 1 aliphatic rings. The van der Waals surface area contributed by atoms with Gasteiger partial charge in [-0.3, -0.25) is 4.79 Å². The quantitative estimate of drug-likeness (QED) is 0.542. The van der Waals surface area contributed by atoms with Crippen molar-refractivity contribution in [1.82, 2.24) is 0 Å². The lowest BCUT2D eigenvalue weighted by Crippen LogP contribution is -2.19. The van der Waals surface area contributed by atoms with Crippen LogP contribution in [0.15, 0.2) is 12.2 Å². The predicted octanol–water partition coefficient (Wildman–Crippen LogP) is 2.03. The molecule has 1 heteroatoms. The van der Waals surface area contributed by atoms with Crippen molar-refractivity contribution in [3.8, 4) is 0 Å². The molecule has 0 amide bonds. The Kier molecular flexibility index (Phi) is 1.93. The first-order chi connectivity index (χ1) is 4.63. The minimum absolute atomic E-state index is 0.250. The molecule has 0 unspecified atom stereocenters. The van der Waals surface area contributed by atoms with Crippen LogP contribution in [0.4, 0.5) is 0 Å². The van der Waals surface area contributed by atoms with E-state index in [1.807, 2.05) is 6.08 Å². The standard InChI is InChI=1S/C9H14O/c1-6(2)9-7(3)4-5-8(9)10/h4-7,9H,1-3H3/t7-,9+/m1/s1. The second-order valence-corrected chi connectivity index (χ2v) is 3.39. The predicted molar refractivity (Wildman–Crippen MR) is 41.6 cm³/mol. The molecule has 0 heterocycles. The zero-order valence-corrected chi connectivity index (χ0v) is 6.79. The van der Waals surface area contributed by atoms with Gasteiger partial charge in [0.1, 0.15) is 0 Å². The molecule has 0 aromatic heterocycles. The third kappa shape index (κ3) is 1.13. The van der Waals surface area contributed by atoms with Crippen LogP contribution in [0.25, 0.3) is 0 Å². The van der Waals surface area contributed by atoms with Crippen molar-refractivity contribution in [3.05, 3.63) is 12.2 Å². The average molecular weight is 138 g/mol. The molecule has 0 bridgehead atoms. The molecule has 0 aromatic carbocycles. The lowest BCUT2D eigenvalue weighted by Gasteiger charge is -2.17. The van der Waals surface area contributed by atoms with Crippen LogP contribution in [-0.4, -0.2) is 5.78 Å². The Hall–Kier alpha value is -0.590. The highest BCUT2D eigenvalue weighted by Gasteiger charge is 2.28. The summed E-state index contributed by atoms with van der Waals surface area (Å²) in [6.45, 7) is 6.31. The van der Waals surface area contributed by atoms with Gasteiger partial charge >= 0.3 is 0 Å². The van der Waals surface area contributed by atoms with Crippen LogP contribution >= 0.6 is 0 Å². The van der Waals surface area contributed by atoms with E-state index in [4.69, 9.17) is 0 Å². The van der Waals surface area contributed by atoms with Gasteiger partial charge in [-0.05, 0) is 17.9 Å². The largest absolute Gasteiger partial charge is 0.295 e. The van der Waals surface area contributed by atoms with Gasteiger partial charge in [-0.1, -0.05) is 26.8 Å². The molecule has 0 spiro atoms. The number of ketones is 1. The molecular formula is C9H14O. The smallest absolute Gasteiger partial charge is 0.159 e. The number of carbonyl (C=O) groups is 1. The lowest BCUT2D eigenvalue weighted by molar-refractivity contribution is -0.119. The maximum absolute atomic E-state index is 11.1. The van der Waals surface area contributed by atoms with E-state index in [0.717, 1.165) is 0 Å². The summed E-state index contributed by atoms with van der Waals surface area (Å²) in [5, 5.41) is 0. The fraction of sp³-hybridized carbons (Fsp3) is 0.667. The molecule has 2 atom stereocenters. The molecular weight excluding hydrogens is 124 g/mol. The fourth-order valence-electron chi connectivity index (χ4n) is 1.67. The van der Waals surface area contributed by atoms with Gasteiger partial charge in [0, 0.05) is 5.92 Å². The summed E-state index contributed by atoms with van der Waals surface area (Å²) in [5.74, 6) is 1.49. The van der Waals surface area contributed by atoms with Crippen LogP contribution in [0.5, 0.6) is 0 Å². The number of allylic oxidation sites excluding steroid dienone is 2. The summed E-state index contributed by atoms with van der Waals surface area (Å²) in [5.41, 5.74) is 0. The second-order valence-electron chi connectivity index (χ2n) is 3.39. The Morgan fingerprint density at radius 2 is 2.10 bits per heavy atom. The normalized spacial score (nSPS) is 32.2. The van der Waals surface area contributed by atoms with Crippen molar-refractivity contribution in [2.45, 2.75) is 20.8 Å². The van der Waals surface area contributed by atoms with E-state index in [1.54, 1.807) is 6.08 Å². The highest BCUT2D eigenvalue weighted by Crippen LogP contribution is 2.28. The molecule has 0 saturated heterocycles. The SMILES string of the molecule is CC(C)[C@@H]1C(=O)C=C[C@H]1C. The van der Waals surface area contributed by atoms with E-state index in [2.05, 4.69) is 20.8 Å². The van der Waals surface area contributed by atoms with Gasteiger partial charge in [0.05, 0.1) is 0 Å². The van der Waals surface area contributed by atoms with Crippen LogP contribution in [0.2, 0.25) is 0 Å². The van der Waals surface area contributed by atoms with E-state index < -0.39 is 0 Å². The average Bonchev–Trinajstić information content (AvgIpc) is 2.11. The zero-order chi connectivity index (χ0) is 7.72. The van der Waals surface area contributed by atoms with E-state index >= 15 is 0 Å². The summed E-state index contributed by atoms with van der Waals surface area (Å²) in [4.78, 5) is 11.1. The molecule has 0 saturated carbocycles. The molecule has 1 aliphatic carbocycles. The van der Waals surface area contributed by atoms with E-state index in [1.165, 1.54) is 0 Å². The number of carbonyl (C=O) groups excluding carboxylic acids is 1. The van der Waals surface area contributed by atoms with Gasteiger partial charge in [0.25, 0.3) is 0 Å². The van der Waals surface area contributed by atoms with E-state index in [9.17, 15) is 4.79 Å². The van der Waals surface area contributed by atoms with Gasteiger partial charge < -0.3 is 0 Å². The topological polar surface area (TPSA) is 17.1 Å². The summed E-state index contributed by atoms with van der Waals surface area (Å²) in [7, 11) is 0. The summed E-state index contributed by atoms with van der Waals surface area (Å²) in [6.07, 6.45) is 3.72. The second kappa shape index (κ2) is 2.57. The van der Waals surface area contributed by atoms with E-state index in [-0.39, 0.29) is 5.92 Å². The molecule has 0 aromatic rings. The van der Waals surface area contributed by atoms with Gasteiger partial charge in [-0.2, -0.15) is 0 Å². The van der Waals surface area contributed by atoms with Crippen LogP contribution in [-0.2, 0) is 4.79 Å². The number of rotatable bonds is 1. The molecule has 0 N–H and O–H groups in total. The Labute approximate surface area is 62.1 Å². The maximum atomic E-state index is 11.1. The molecule has 0 fully saturated rings. The van der Waals surface area contributed by atoms with Crippen molar-refractivity contribution < 1.29 is 4.79 Å². The van der Waals surface area contributed by atoms with Crippen LogP contribution < -0.4 is 0 Å². The third-order valence-corrected chi connectivity index (χ3v) is 2.18. The first-order valence-electron chi connectivity index (χ1n) is 3.85. The van der Waals surface area contributed by atoms with Crippen molar-refractivity contribution >= 4 is 5.78 Å². The lowest BCUT2D eigenvalue weighted by atomic mass is 9.86. The molecule has 1 nitrogen and oxygen atoms in total. The maximum Gasteiger partial charge on any atom is 0.159 e. The van der Waals surface area contributed by atoms with Crippen molar-refractivity contribution in [1.29, 1.82) is 0 Å². The fourth-order valence-corrected chi connectivity index (χ4v) is 1.67. The van der Waals surface area contributed by atoms with E-state index in [0.29, 0.717) is 17.6 Å². The molecule has 0 aliphatic heterocycles. The van der Waals surface area contributed by atoms with Crippen molar-refractivity contribution in [3.63, 3.8) is 0 Å². The summed E-state index contributed by atoms with van der Waals surface area (Å²) in [6, 6.07) is 0. The molecule has 0 radical (unpaired) electrons. The van der Waals surface area contributed by atoms with Gasteiger partial charge in [-0.15, -0.1) is 0 Å². The third-order valence-electron chi connectivity index (χ3n) is 2.18. The minimum atomic E-state index is 0.250. The molecule has 1 rings (SSSR count). The molecule has 10 heavy (non-hydrogen) atoms. The number of hydrogen-bond donors (Lipinski definition) is 0. The minimum Gasteiger partial charge on any atom is -0.295 e. The Bertz CT molecular complexity index is 168. The van der Waals surface area contributed by atoms with Gasteiger partial charge in [0.15, 0.2) is 5.78 Å². The zero-order valence-electron chi connectivity index (χ0n) is 6.79. The Morgan fingerprint density at radius 3 is 2.30 bits per heavy atom. The van der Waals surface area contributed by atoms with Crippen LogP contribution in [0.3, 0.4) is 0 Å². The summed E-state index contributed by atoms with van der Waals surface area (Å²) < 4.78 is 0. The molecule has 56 valence electrons. The van der Waals surface area contributed by atoms with Gasteiger partial charge in [0.2, 0.25) is 0 Å². The monoisotopic (exact) mass is 138 g/mol. The summed E-state index contributed by atoms with van der Waals surface area (Å²) >= 11 is 0. The highest BCUT2D eigenvalue weighted by atomic mass is 16.1. The highest BCUT2D eigenvalue weighted by molar-refractivity contribution is 5.94. The van der Waals surface area contributed by atoms with Crippen molar-refractivity contribution in [2.24, 2.45) is 17.8 Å². The van der Waals surface area contributed by atoms with Gasteiger partial charge in [-0.25, -0.2) is 0 Å². The Morgan fingerprint density at radius 1 is 1.50 bits per heavy atom. The number of hydrogen-bond acceptors (Lipinski definition) is 1. The van der Waals surface area contributed by atoms with Crippen molar-refractivity contribution in [2.75, 3.05) is 0 Å². The Balaban J connectivity index is 2.69.